The molecular weight excluding hydrogens is 381 g/mol. The van der Waals surface area contributed by atoms with Crippen LogP contribution >= 0.6 is 11.6 Å². The van der Waals surface area contributed by atoms with Gasteiger partial charge in [-0.1, -0.05) is 11.6 Å². The van der Waals surface area contributed by atoms with E-state index in [1.165, 1.54) is 18.4 Å². The van der Waals surface area contributed by atoms with Gasteiger partial charge in [0.15, 0.2) is 6.61 Å². The first-order chi connectivity index (χ1) is 12.2. The molecule has 1 heterocycles. The molecule has 0 spiro atoms. The van der Waals surface area contributed by atoms with Crippen LogP contribution in [0.25, 0.3) is 0 Å². The predicted octanol–water partition coefficient (Wildman–Crippen LogP) is 3.81. The Balaban J connectivity index is 2.05. The Bertz CT molecular complexity index is 780. The lowest BCUT2D eigenvalue weighted by Crippen LogP contribution is -2.40. The molecule has 0 aliphatic rings. The molecule has 0 saturated heterocycles. The fourth-order valence-electron chi connectivity index (χ4n) is 1.99. The first-order valence-corrected chi connectivity index (χ1v) is 7.47. The van der Waals surface area contributed by atoms with Crippen molar-refractivity contribution in [1.82, 2.24) is 4.90 Å². The van der Waals surface area contributed by atoms with Crippen molar-refractivity contribution in [3.05, 3.63) is 57.5 Å². The van der Waals surface area contributed by atoms with Crippen LogP contribution in [0.2, 0.25) is 5.02 Å². The lowest BCUT2D eigenvalue weighted by Gasteiger charge is -2.23. The van der Waals surface area contributed by atoms with Gasteiger partial charge in [-0.25, -0.2) is 0 Å². The van der Waals surface area contributed by atoms with Gasteiger partial charge in [0.2, 0.25) is 0 Å². The van der Waals surface area contributed by atoms with E-state index in [-0.39, 0.29) is 28.8 Å². The zero-order valence-corrected chi connectivity index (χ0v) is 13.8. The third-order valence-electron chi connectivity index (χ3n) is 3.13. The lowest BCUT2D eigenvalue weighted by molar-refractivity contribution is -0.384. The highest BCUT2D eigenvalue weighted by Crippen LogP contribution is 2.28. The molecule has 0 saturated carbocycles. The second kappa shape index (κ2) is 8.09. The number of furan rings is 1. The Labute approximate surface area is 150 Å². The van der Waals surface area contributed by atoms with Crippen LogP contribution < -0.4 is 4.74 Å². The average molecular weight is 393 g/mol. The fraction of sp³-hybridized carbons (Fsp3) is 0.267. The molecule has 2 aromatic rings. The number of nitro groups is 1. The van der Waals surface area contributed by atoms with Gasteiger partial charge in [0.25, 0.3) is 11.6 Å². The summed E-state index contributed by atoms with van der Waals surface area (Å²) in [6, 6.07) is 6.19. The standard InChI is InChI=1S/C15H12ClF3N2O5/c16-12-6-10(21(23)24)3-4-13(12)26-8-14(22)20(9-15(17,18)19)7-11-2-1-5-25-11/h1-6H,7-9H2. The molecule has 0 fully saturated rings. The van der Waals surface area contributed by atoms with Gasteiger partial charge in [-0.15, -0.1) is 0 Å². The van der Waals surface area contributed by atoms with Gasteiger partial charge in [0.1, 0.15) is 18.1 Å². The van der Waals surface area contributed by atoms with Crippen molar-refractivity contribution in [2.75, 3.05) is 13.2 Å². The van der Waals surface area contributed by atoms with Crippen LogP contribution in [0.1, 0.15) is 5.76 Å². The molecule has 2 rings (SSSR count). The molecule has 11 heteroatoms. The highest BCUT2D eigenvalue weighted by atomic mass is 35.5. The van der Waals surface area contributed by atoms with Crippen molar-refractivity contribution in [2.45, 2.75) is 12.7 Å². The molecule has 0 bridgehead atoms. The number of benzene rings is 1. The zero-order chi connectivity index (χ0) is 19.3. The van der Waals surface area contributed by atoms with Crippen molar-refractivity contribution < 1.29 is 32.0 Å². The second-order valence-electron chi connectivity index (χ2n) is 5.10. The smallest absolute Gasteiger partial charge is 0.406 e. The molecule has 0 unspecified atom stereocenters. The number of ether oxygens (including phenoxy) is 1. The maximum atomic E-state index is 12.7. The first kappa shape index (κ1) is 19.6. The number of nitro benzene ring substituents is 1. The van der Waals surface area contributed by atoms with E-state index in [4.69, 9.17) is 20.8 Å². The van der Waals surface area contributed by atoms with E-state index < -0.39 is 30.2 Å². The minimum Gasteiger partial charge on any atom is -0.482 e. The molecule has 0 aliphatic heterocycles. The normalized spacial score (nSPS) is 11.2. The summed E-state index contributed by atoms with van der Waals surface area (Å²) in [6.45, 7) is -2.60. The molecule has 0 radical (unpaired) electrons. The first-order valence-electron chi connectivity index (χ1n) is 7.09. The van der Waals surface area contributed by atoms with E-state index in [1.807, 2.05) is 0 Å². The fourth-order valence-corrected chi connectivity index (χ4v) is 2.22. The number of amides is 1. The number of carbonyl (C=O) groups is 1. The number of hydrogen-bond acceptors (Lipinski definition) is 5. The number of hydrogen-bond donors (Lipinski definition) is 0. The molecule has 1 aromatic carbocycles. The summed E-state index contributed by atoms with van der Waals surface area (Å²) >= 11 is 5.81. The Kier molecular flexibility index (Phi) is 6.09. The molecule has 1 amide bonds. The number of alkyl halides is 3. The second-order valence-corrected chi connectivity index (χ2v) is 5.51. The van der Waals surface area contributed by atoms with Crippen molar-refractivity contribution in [3.8, 4) is 5.75 Å². The molecular formula is C15H12ClF3N2O5. The minimum atomic E-state index is -4.60. The monoisotopic (exact) mass is 392 g/mol. The summed E-state index contributed by atoms with van der Waals surface area (Å²) in [6.07, 6.45) is -3.33. The van der Waals surface area contributed by atoms with Gasteiger partial charge in [-0.3, -0.25) is 14.9 Å². The summed E-state index contributed by atoms with van der Waals surface area (Å²) in [4.78, 5) is 22.6. The molecule has 26 heavy (non-hydrogen) atoms. The average Bonchev–Trinajstić information content (AvgIpc) is 3.04. The number of nitrogens with zero attached hydrogens (tertiary/aromatic N) is 2. The zero-order valence-electron chi connectivity index (χ0n) is 13.0. The van der Waals surface area contributed by atoms with E-state index >= 15 is 0 Å². The largest absolute Gasteiger partial charge is 0.482 e. The summed E-state index contributed by atoms with van der Waals surface area (Å²) in [5.41, 5.74) is -0.287. The maximum absolute atomic E-state index is 12.7. The summed E-state index contributed by atoms with van der Waals surface area (Å²) in [5, 5.41) is 10.5. The molecule has 0 N–H and O–H groups in total. The molecule has 0 aliphatic carbocycles. The van der Waals surface area contributed by atoms with Crippen molar-refractivity contribution >= 4 is 23.2 Å². The van der Waals surface area contributed by atoms with Crippen LogP contribution in [-0.4, -0.2) is 35.1 Å². The van der Waals surface area contributed by atoms with E-state index in [2.05, 4.69) is 0 Å². The highest BCUT2D eigenvalue weighted by molar-refractivity contribution is 6.32. The number of rotatable bonds is 7. The van der Waals surface area contributed by atoms with Crippen LogP contribution in [0, 0.1) is 10.1 Å². The summed E-state index contributed by atoms with van der Waals surface area (Å²) < 4.78 is 48.1. The lowest BCUT2D eigenvalue weighted by atomic mass is 10.3. The van der Waals surface area contributed by atoms with Crippen molar-refractivity contribution in [3.63, 3.8) is 0 Å². The van der Waals surface area contributed by atoms with E-state index in [1.54, 1.807) is 0 Å². The SMILES string of the molecule is O=C(COc1ccc([N+](=O)[O-])cc1Cl)N(Cc1ccco1)CC(F)(F)F. The molecule has 140 valence electrons. The Morgan fingerprint density at radius 3 is 2.62 bits per heavy atom. The van der Waals surface area contributed by atoms with Crippen LogP contribution in [-0.2, 0) is 11.3 Å². The van der Waals surface area contributed by atoms with Crippen LogP contribution in [0.5, 0.6) is 5.75 Å². The van der Waals surface area contributed by atoms with Crippen LogP contribution in [0.15, 0.2) is 41.0 Å². The van der Waals surface area contributed by atoms with Gasteiger partial charge in [0.05, 0.1) is 22.8 Å². The van der Waals surface area contributed by atoms with Gasteiger partial charge in [0, 0.05) is 12.1 Å². The van der Waals surface area contributed by atoms with Crippen LogP contribution in [0.4, 0.5) is 18.9 Å². The number of carbonyl (C=O) groups excluding carboxylic acids is 1. The van der Waals surface area contributed by atoms with Crippen molar-refractivity contribution in [2.24, 2.45) is 0 Å². The summed E-state index contributed by atoms with van der Waals surface area (Å²) in [7, 11) is 0. The van der Waals surface area contributed by atoms with Gasteiger partial charge >= 0.3 is 6.18 Å². The number of halogens is 4. The summed E-state index contributed by atoms with van der Waals surface area (Å²) in [5.74, 6) is -0.834. The predicted molar refractivity (Wildman–Crippen MR) is 83.8 cm³/mol. The topological polar surface area (TPSA) is 85.8 Å². The van der Waals surface area contributed by atoms with Crippen molar-refractivity contribution in [1.29, 1.82) is 0 Å². The highest BCUT2D eigenvalue weighted by Gasteiger charge is 2.33. The Morgan fingerprint density at radius 1 is 1.35 bits per heavy atom. The Hall–Kier alpha value is -2.75. The quantitative estimate of drug-likeness (QED) is 0.528. The molecule has 0 atom stereocenters. The van der Waals surface area contributed by atoms with E-state index in [0.717, 1.165) is 18.2 Å². The van der Waals surface area contributed by atoms with Gasteiger partial charge in [-0.05, 0) is 18.2 Å². The Morgan fingerprint density at radius 2 is 2.08 bits per heavy atom. The number of non-ortho nitro benzene ring substituents is 1. The maximum Gasteiger partial charge on any atom is 0.406 e. The molecule has 7 nitrogen and oxygen atoms in total. The third kappa shape index (κ3) is 5.66. The van der Waals surface area contributed by atoms with E-state index in [9.17, 15) is 28.1 Å². The van der Waals surface area contributed by atoms with E-state index in [0.29, 0.717) is 4.90 Å². The van der Waals surface area contributed by atoms with Gasteiger partial charge < -0.3 is 14.1 Å². The third-order valence-corrected chi connectivity index (χ3v) is 3.42. The molecule has 1 aromatic heterocycles. The van der Waals surface area contributed by atoms with Crippen LogP contribution in [0.3, 0.4) is 0 Å². The minimum absolute atomic E-state index is 0.0597. The van der Waals surface area contributed by atoms with Gasteiger partial charge in [-0.2, -0.15) is 13.2 Å².